The lowest BCUT2D eigenvalue weighted by Crippen LogP contribution is -2.50. The van der Waals surface area contributed by atoms with Crippen molar-refractivity contribution in [1.82, 2.24) is 0 Å². The van der Waals surface area contributed by atoms with E-state index in [4.69, 9.17) is 14.2 Å². The molecule has 0 rings (SSSR count). The van der Waals surface area contributed by atoms with Crippen LogP contribution in [0.2, 0.25) is 0 Å². The minimum absolute atomic E-state index is 0.0413. The van der Waals surface area contributed by atoms with Gasteiger partial charge in [0.25, 0.3) is 0 Å². The van der Waals surface area contributed by atoms with Gasteiger partial charge in [-0.1, -0.05) is 157 Å². The number of esters is 2. The standard InChI is InChI=1S/C53H89NO7/c1-6-8-10-12-14-16-18-20-22-23-24-25-26-27-28-29-30-32-34-36-38-40-42-44-52(56)61-49(47-59-46-45-50(53(57)58)54(3,4)5)48-60-51(55)43-41-39-37-35-33-31-21-19-17-15-13-11-9-7-2/h8,10,14,16,20,22,24-25,27-28,30-33,49-50H,6-7,9,11-13,15,17-19,21,23,26,29,34-48H2,1-5H3/p+1/b10-8+,16-14+,22-20+,25-24+,28-27+,32-30+,33-31+. The van der Waals surface area contributed by atoms with Gasteiger partial charge in [0.1, 0.15) is 6.61 Å². The molecule has 0 heterocycles. The molecular weight excluding hydrogens is 763 g/mol. The van der Waals surface area contributed by atoms with E-state index in [2.05, 4.69) is 98.9 Å². The first-order valence-corrected chi connectivity index (χ1v) is 24.1. The highest BCUT2D eigenvalue weighted by atomic mass is 16.6. The van der Waals surface area contributed by atoms with Crippen molar-refractivity contribution in [1.29, 1.82) is 0 Å². The van der Waals surface area contributed by atoms with Gasteiger partial charge in [0.2, 0.25) is 0 Å². The maximum atomic E-state index is 12.8. The molecule has 348 valence electrons. The van der Waals surface area contributed by atoms with Gasteiger partial charge in [0, 0.05) is 19.3 Å². The smallest absolute Gasteiger partial charge is 0.362 e. The van der Waals surface area contributed by atoms with E-state index in [9.17, 15) is 19.5 Å². The van der Waals surface area contributed by atoms with E-state index >= 15 is 0 Å². The summed E-state index contributed by atoms with van der Waals surface area (Å²) >= 11 is 0. The predicted molar refractivity (Wildman–Crippen MR) is 256 cm³/mol. The number of carbonyl (C=O) groups is 3. The van der Waals surface area contributed by atoms with Crippen molar-refractivity contribution in [3.8, 4) is 0 Å². The molecule has 0 aliphatic rings. The Hall–Kier alpha value is -3.49. The van der Waals surface area contributed by atoms with Gasteiger partial charge < -0.3 is 23.8 Å². The number of hydrogen-bond acceptors (Lipinski definition) is 6. The number of carboxylic acids is 1. The Morgan fingerprint density at radius 3 is 1.39 bits per heavy atom. The topological polar surface area (TPSA) is 99.1 Å². The van der Waals surface area contributed by atoms with E-state index < -0.39 is 18.1 Å². The van der Waals surface area contributed by atoms with Gasteiger partial charge in [-0.15, -0.1) is 0 Å². The Kier molecular flexibility index (Phi) is 40.7. The molecule has 2 unspecified atom stereocenters. The second-order valence-electron chi connectivity index (χ2n) is 17.0. The zero-order valence-corrected chi connectivity index (χ0v) is 39.6. The van der Waals surface area contributed by atoms with Crippen LogP contribution in [0, 0.1) is 0 Å². The number of quaternary nitrogens is 1. The van der Waals surface area contributed by atoms with Gasteiger partial charge in [-0.2, -0.15) is 0 Å². The number of aliphatic carboxylic acids is 1. The molecule has 8 nitrogen and oxygen atoms in total. The summed E-state index contributed by atoms with van der Waals surface area (Å²) in [7, 11) is 5.51. The molecule has 61 heavy (non-hydrogen) atoms. The lowest BCUT2D eigenvalue weighted by molar-refractivity contribution is -0.887. The molecule has 0 aliphatic carbocycles. The van der Waals surface area contributed by atoms with Crippen LogP contribution in [0.3, 0.4) is 0 Å². The van der Waals surface area contributed by atoms with Crippen LogP contribution < -0.4 is 0 Å². The number of allylic oxidation sites excluding steroid dienone is 14. The maximum absolute atomic E-state index is 12.8. The van der Waals surface area contributed by atoms with Crippen LogP contribution in [0.1, 0.15) is 181 Å². The van der Waals surface area contributed by atoms with Gasteiger partial charge >= 0.3 is 17.9 Å². The van der Waals surface area contributed by atoms with Crippen molar-refractivity contribution in [3.05, 3.63) is 85.1 Å². The van der Waals surface area contributed by atoms with Gasteiger partial charge in [0.15, 0.2) is 12.1 Å². The number of unbranched alkanes of at least 4 members (excludes halogenated alkanes) is 14. The lowest BCUT2D eigenvalue weighted by Gasteiger charge is -2.31. The Morgan fingerprint density at radius 2 is 0.918 bits per heavy atom. The Bertz CT molecular complexity index is 1270. The molecule has 0 amide bonds. The second-order valence-corrected chi connectivity index (χ2v) is 17.0. The normalized spacial score (nSPS) is 13.7. The third kappa shape index (κ3) is 41.6. The van der Waals surface area contributed by atoms with Crippen LogP contribution in [0.25, 0.3) is 0 Å². The summed E-state index contributed by atoms with van der Waals surface area (Å²) in [6.07, 6.45) is 56.3. The number of nitrogens with zero attached hydrogens (tertiary/aromatic N) is 1. The summed E-state index contributed by atoms with van der Waals surface area (Å²) in [5.74, 6) is -1.53. The Balaban J connectivity index is 4.38. The number of carboxylic acid groups (broad SMARTS) is 1. The first kappa shape index (κ1) is 57.5. The summed E-state index contributed by atoms with van der Waals surface area (Å²) in [6, 6.07) is -0.626. The maximum Gasteiger partial charge on any atom is 0.362 e. The van der Waals surface area contributed by atoms with Gasteiger partial charge in [-0.05, 0) is 89.9 Å². The second kappa shape index (κ2) is 43.2. The molecule has 0 aromatic heterocycles. The van der Waals surface area contributed by atoms with Crippen LogP contribution in [0.4, 0.5) is 0 Å². The zero-order valence-electron chi connectivity index (χ0n) is 39.6. The molecule has 0 saturated carbocycles. The van der Waals surface area contributed by atoms with E-state index in [1.165, 1.54) is 44.9 Å². The van der Waals surface area contributed by atoms with Gasteiger partial charge in [0.05, 0.1) is 34.4 Å². The van der Waals surface area contributed by atoms with Gasteiger partial charge in [-0.3, -0.25) is 9.59 Å². The molecule has 1 N–H and O–H groups in total. The molecular formula is C53H90NO7+. The first-order chi connectivity index (χ1) is 29.6. The van der Waals surface area contributed by atoms with Crippen molar-refractivity contribution in [2.45, 2.75) is 193 Å². The van der Waals surface area contributed by atoms with E-state index in [1.54, 1.807) is 0 Å². The summed E-state index contributed by atoms with van der Waals surface area (Å²) in [5, 5.41) is 9.64. The number of rotatable bonds is 42. The molecule has 0 fully saturated rings. The van der Waals surface area contributed by atoms with Crippen LogP contribution >= 0.6 is 0 Å². The molecule has 0 aromatic rings. The summed E-state index contributed by atoms with van der Waals surface area (Å²) in [4.78, 5) is 37.1. The minimum Gasteiger partial charge on any atom is -0.477 e. The van der Waals surface area contributed by atoms with Gasteiger partial charge in [-0.25, -0.2) is 4.79 Å². The average molecular weight is 853 g/mol. The molecule has 0 aromatic carbocycles. The minimum atomic E-state index is -0.884. The SMILES string of the molecule is CC/C=C/C/C=C/C/C=C/C/C=C/C/C=C/C/C=C/CCCCCCC(=O)OC(COCCC(C(=O)O)[N+](C)(C)C)COC(=O)CCCCC/C=C/CCCCCCCCC. The number of carbonyl (C=O) groups excluding carboxylic acids is 2. The van der Waals surface area contributed by atoms with Crippen LogP contribution in [0.5, 0.6) is 0 Å². The highest BCUT2D eigenvalue weighted by Crippen LogP contribution is 2.13. The average Bonchev–Trinajstić information content (AvgIpc) is 3.22. The third-order valence-electron chi connectivity index (χ3n) is 10.3. The number of hydrogen-bond donors (Lipinski definition) is 1. The van der Waals surface area contributed by atoms with Crippen molar-refractivity contribution >= 4 is 17.9 Å². The highest BCUT2D eigenvalue weighted by Gasteiger charge is 2.31. The van der Waals surface area contributed by atoms with Crippen molar-refractivity contribution < 1.29 is 38.2 Å². The first-order valence-electron chi connectivity index (χ1n) is 24.1. The zero-order chi connectivity index (χ0) is 44.9. The highest BCUT2D eigenvalue weighted by molar-refractivity contribution is 5.72. The van der Waals surface area contributed by atoms with Crippen molar-refractivity contribution in [2.24, 2.45) is 0 Å². The predicted octanol–water partition coefficient (Wildman–Crippen LogP) is 13.7. The molecule has 0 saturated heterocycles. The summed E-state index contributed by atoms with van der Waals surface area (Å²) in [6.45, 7) is 4.56. The van der Waals surface area contributed by atoms with E-state index in [1.807, 2.05) is 21.1 Å². The largest absolute Gasteiger partial charge is 0.477 e. The van der Waals surface area contributed by atoms with Crippen molar-refractivity contribution in [3.63, 3.8) is 0 Å². The van der Waals surface area contributed by atoms with Crippen molar-refractivity contribution in [2.75, 3.05) is 41.0 Å². The molecule has 8 heteroatoms. The van der Waals surface area contributed by atoms with Crippen LogP contribution in [-0.2, 0) is 28.6 Å². The molecule has 2 atom stereocenters. The lowest BCUT2D eigenvalue weighted by atomic mass is 10.1. The number of ether oxygens (including phenoxy) is 3. The van der Waals surface area contributed by atoms with E-state index in [0.717, 1.165) is 103 Å². The number of likely N-dealkylation sites (N-methyl/N-ethyl adjacent to an activating group) is 1. The fraction of sp³-hybridized carbons (Fsp3) is 0.679. The van der Waals surface area contributed by atoms with Crippen LogP contribution in [0.15, 0.2) is 85.1 Å². The quantitative estimate of drug-likeness (QED) is 0.0283. The monoisotopic (exact) mass is 853 g/mol. The summed E-state index contributed by atoms with van der Waals surface area (Å²) in [5.41, 5.74) is 0. The van der Waals surface area contributed by atoms with Crippen LogP contribution in [-0.4, -0.2) is 80.6 Å². The van der Waals surface area contributed by atoms with E-state index in [-0.39, 0.29) is 36.2 Å². The fourth-order valence-electron chi connectivity index (χ4n) is 6.56. The molecule has 0 radical (unpaired) electrons. The molecule has 0 aliphatic heterocycles. The fourth-order valence-corrected chi connectivity index (χ4v) is 6.56. The Labute approximate surface area is 373 Å². The molecule has 0 bridgehead atoms. The Morgan fingerprint density at radius 1 is 0.508 bits per heavy atom. The third-order valence-corrected chi connectivity index (χ3v) is 10.3. The molecule has 0 spiro atoms. The summed E-state index contributed by atoms with van der Waals surface area (Å²) < 4.78 is 17.3. The van der Waals surface area contributed by atoms with E-state index in [0.29, 0.717) is 19.3 Å².